The number of anilines is 1. The van der Waals surface area contributed by atoms with E-state index in [1.54, 1.807) is 20.8 Å². The lowest BCUT2D eigenvalue weighted by Crippen LogP contribution is -2.34. The predicted octanol–water partition coefficient (Wildman–Crippen LogP) is 4.21. The standard InChI is InChI=1S/C21H24F3N5O4S/c1-7-34(31,32)15-8-12(28(5)19(30)33-20(2,3)4)10-26-17(15)18-27-13-9-16(21(22,23)24)25-11-14(13)29(18)6/h8-11H,7H2,1-6H3. The molecule has 0 aliphatic carbocycles. The molecular formula is C21H24F3N5O4S. The summed E-state index contributed by atoms with van der Waals surface area (Å²) in [6.07, 6.45) is -3.08. The van der Waals surface area contributed by atoms with Gasteiger partial charge in [0, 0.05) is 14.1 Å². The minimum absolute atomic E-state index is 0.0172. The molecule has 3 heterocycles. The molecule has 0 saturated heterocycles. The fraction of sp³-hybridized carbons (Fsp3) is 0.429. The van der Waals surface area contributed by atoms with Crippen molar-refractivity contribution in [1.82, 2.24) is 19.5 Å². The van der Waals surface area contributed by atoms with Crippen LogP contribution in [0.1, 0.15) is 33.4 Å². The van der Waals surface area contributed by atoms with Gasteiger partial charge in [-0.1, -0.05) is 6.92 Å². The quantitative estimate of drug-likeness (QED) is 0.529. The molecule has 9 nitrogen and oxygen atoms in total. The topological polar surface area (TPSA) is 107 Å². The zero-order valence-electron chi connectivity index (χ0n) is 19.4. The first-order valence-electron chi connectivity index (χ1n) is 10.1. The Bertz CT molecular complexity index is 1360. The second kappa shape index (κ2) is 8.53. The molecule has 0 bridgehead atoms. The van der Waals surface area contributed by atoms with Crippen molar-refractivity contribution >= 4 is 32.7 Å². The number of carbonyl (C=O) groups excluding carboxylic acids is 1. The molecule has 0 aliphatic heterocycles. The van der Waals surface area contributed by atoms with Crippen molar-refractivity contribution in [3.8, 4) is 11.5 Å². The van der Waals surface area contributed by atoms with E-state index in [9.17, 15) is 26.4 Å². The average Bonchev–Trinajstić information content (AvgIpc) is 3.06. The number of aryl methyl sites for hydroxylation is 1. The number of alkyl halides is 3. The van der Waals surface area contributed by atoms with Crippen LogP contribution in [0.15, 0.2) is 29.4 Å². The highest BCUT2D eigenvalue weighted by atomic mass is 32.2. The van der Waals surface area contributed by atoms with Crippen LogP contribution in [0.4, 0.5) is 23.7 Å². The SMILES string of the molecule is CCS(=O)(=O)c1cc(N(C)C(=O)OC(C)(C)C)cnc1-c1nc2cc(C(F)(F)F)ncc2n1C. The molecule has 0 unspecified atom stereocenters. The highest BCUT2D eigenvalue weighted by Gasteiger charge is 2.33. The van der Waals surface area contributed by atoms with Gasteiger partial charge in [-0.25, -0.2) is 28.2 Å². The molecule has 34 heavy (non-hydrogen) atoms. The number of ether oxygens (including phenoxy) is 1. The van der Waals surface area contributed by atoms with E-state index in [1.807, 2.05) is 0 Å². The molecule has 0 spiro atoms. The highest BCUT2D eigenvalue weighted by molar-refractivity contribution is 7.91. The van der Waals surface area contributed by atoms with E-state index >= 15 is 0 Å². The summed E-state index contributed by atoms with van der Waals surface area (Å²) in [5, 5.41) is 0. The van der Waals surface area contributed by atoms with Gasteiger partial charge in [0.25, 0.3) is 0 Å². The normalized spacial score (nSPS) is 12.7. The summed E-state index contributed by atoms with van der Waals surface area (Å²) in [5.74, 6) is -0.236. The number of rotatable bonds is 4. The summed E-state index contributed by atoms with van der Waals surface area (Å²) in [7, 11) is -0.942. The van der Waals surface area contributed by atoms with E-state index in [-0.39, 0.29) is 38.9 Å². The van der Waals surface area contributed by atoms with Crippen molar-refractivity contribution in [2.24, 2.45) is 7.05 Å². The lowest BCUT2D eigenvalue weighted by molar-refractivity contribution is -0.141. The van der Waals surface area contributed by atoms with Gasteiger partial charge < -0.3 is 9.30 Å². The van der Waals surface area contributed by atoms with Crippen LogP contribution in [-0.4, -0.2) is 52.4 Å². The molecule has 0 fully saturated rings. The lowest BCUT2D eigenvalue weighted by Gasteiger charge is -2.25. The summed E-state index contributed by atoms with van der Waals surface area (Å²) >= 11 is 0. The smallest absolute Gasteiger partial charge is 0.433 e. The summed E-state index contributed by atoms with van der Waals surface area (Å²) < 4.78 is 71.7. The van der Waals surface area contributed by atoms with E-state index in [0.717, 1.165) is 17.2 Å². The molecule has 3 aromatic heterocycles. The molecular weight excluding hydrogens is 475 g/mol. The number of amides is 1. The van der Waals surface area contributed by atoms with Gasteiger partial charge in [-0.2, -0.15) is 13.2 Å². The summed E-state index contributed by atoms with van der Waals surface area (Å²) in [4.78, 5) is 25.2. The van der Waals surface area contributed by atoms with Gasteiger partial charge in [0.15, 0.2) is 15.7 Å². The maximum Gasteiger partial charge on any atom is 0.433 e. The Balaban J connectivity index is 2.18. The fourth-order valence-corrected chi connectivity index (χ4v) is 4.12. The van der Waals surface area contributed by atoms with Gasteiger partial charge in [0.1, 0.15) is 17.0 Å². The second-order valence-corrected chi connectivity index (χ2v) is 10.8. The predicted molar refractivity (Wildman–Crippen MR) is 119 cm³/mol. The first-order chi connectivity index (χ1) is 15.5. The van der Waals surface area contributed by atoms with Crippen LogP contribution in [0.2, 0.25) is 0 Å². The third-order valence-corrected chi connectivity index (χ3v) is 6.62. The molecule has 0 aromatic carbocycles. The van der Waals surface area contributed by atoms with Crippen LogP contribution in [0.3, 0.4) is 0 Å². The Labute approximate surface area is 194 Å². The summed E-state index contributed by atoms with van der Waals surface area (Å²) in [6.45, 7) is 6.52. The van der Waals surface area contributed by atoms with Gasteiger partial charge in [0.05, 0.1) is 39.8 Å². The first kappa shape index (κ1) is 25.4. The maximum atomic E-state index is 13.1. The summed E-state index contributed by atoms with van der Waals surface area (Å²) in [6, 6.07) is 2.06. The van der Waals surface area contributed by atoms with Gasteiger partial charge >= 0.3 is 12.3 Å². The lowest BCUT2D eigenvalue weighted by atomic mass is 10.2. The molecule has 0 N–H and O–H groups in total. The minimum Gasteiger partial charge on any atom is -0.443 e. The number of hydrogen-bond acceptors (Lipinski definition) is 7. The van der Waals surface area contributed by atoms with Crippen LogP contribution in [-0.2, 0) is 27.8 Å². The van der Waals surface area contributed by atoms with Crippen molar-refractivity contribution in [2.45, 2.75) is 44.4 Å². The highest BCUT2D eigenvalue weighted by Crippen LogP contribution is 2.33. The van der Waals surface area contributed by atoms with Crippen LogP contribution < -0.4 is 4.90 Å². The van der Waals surface area contributed by atoms with Crippen LogP contribution in [0.5, 0.6) is 0 Å². The van der Waals surface area contributed by atoms with Crippen LogP contribution >= 0.6 is 0 Å². The summed E-state index contributed by atoms with van der Waals surface area (Å²) in [5.41, 5.74) is -1.54. The number of fused-ring (bicyclic) bond motifs is 1. The van der Waals surface area contributed by atoms with Crippen molar-refractivity contribution in [3.63, 3.8) is 0 Å². The molecule has 13 heteroatoms. The average molecular weight is 500 g/mol. The molecule has 1 amide bonds. The van der Waals surface area contributed by atoms with Crippen LogP contribution in [0, 0.1) is 0 Å². The van der Waals surface area contributed by atoms with Crippen molar-refractivity contribution in [1.29, 1.82) is 0 Å². The number of imidazole rings is 1. The fourth-order valence-electron chi connectivity index (χ4n) is 3.07. The number of hydrogen-bond donors (Lipinski definition) is 0. The van der Waals surface area contributed by atoms with E-state index in [0.29, 0.717) is 0 Å². The third-order valence-electron chi connectivity index (χ3n) is 4.88. The Hall–Kier alpha value is -3.22. The van der Waals surface area contributed by atoms with E-state index < -0.39 is 33.4 Å². The Morgan fingerprint density at radius 3 is 2.35 bits per heavy atom. The van der Waals surface area contributed by atoms with E-state index in [1.165, 1.54) is 37.8 Å². The first-order valence-corrected chi connectivity index (χ1v) is 11.8. The second-order valence-electron chi connectivity index (χ2n) is 8.53. The monoisotopic (exact) mass is 499 g/mol. The van der Waals surface area contributed by atoms with Gasteiger partial charge in [0.2, 0.25) is 0 Å². The zero-order valence-corrected chi connectivity index (χ0v) is 20.2. The Morgan fingerprint density at radius 1 is 1.15 bits per heavy atom. The number of sulfone groups is 1. The van der Waals surface area contributed by atoms with Crippen molar-refractivity contribution < 1.29 is 31.1 Å². The molecule has 0 aliphatic rings. The molecule has 0 radical (unpaired) electrons. The van der Waals surface area contributed by atoms with Crippen LogP contribution in [0.25, 0.3) is 22.6 Å². The van der Waals surface area contributed by atoms with Gasteiger partial charge in [-0.05, 0) is 32.9 Å². The maximum absolute atomic E-state index is 13.1. The zero-order chi connectivity index (χ0) is 25.6. The number of pyridine rings is 2. The number of halogens is 3. The number of nitrogens with zero attached hydrogens (tertiary/aromatic N) is 5. The largest absolute Gasteiger partial charge is 0.443 e. The van der Waals surface area contributed by atoms with Crippen molar-refractivity contribution in [2.75, 3.05) is 17.7 Å². The number of carbonyl (C=O) groups is 1. The molecule has 0 saturated carbocycles. The Morgan fingerprint density at radius 2 is 1.79 bits per heavy atom. The van der Waals surface area contributed by atoms with E-state index in [4.69, 9.17) is 4.74 Å². The van der Waals surface area contributed by atoms with Gasteiger partial charge in [-0.15, -0.1) is 0 Å². The third kappa shape index (κ3) is 4.98. The molecule has 0 atom stereocenters. The van der Waals surface area contributed by atoms with Gasteiger partial charge in [-0.3, -0.25) is 4.90 Å². The molecule has 184 valence electrons. The molecule has 3 rings (SSSR count). The number of aromatic nitrogens is 4. The minimum atomic E-state index is -4.66. The Kier molecular flexibility index (Phi) is 6.37. The van der Waals surface area contributed by atoms with E-state index in [2.05, 4.69) is 15.0 Å². The van der Waals surface area contributed by atoms with Crippen molar-refractivity contribution in [3.05, 3.63) is 30.2 Å². The molecule has 3 aromatic rings.